The maximum atomic E-state index is 13.1. The summed E-state index contributed by atoms with van der Waals surface area (Å²) in [5.41, 5.74) is 1.83. The number of aryl methyl sites for hydroxylation is 1. The zero-order chi connectivity index (χ0) is 20.3. The molecule has 0 spiro atoms. The minimum Gasteiger partial charge on any atom is -0.381 e. The Labute approximate surface area is 169 Å². The molecule has 0 saturated carbocycles. The average Bonchev–Trinajstić information content (AvgIpc) is 3.20. The molecule has 154 valence electrons. The zero-order valence-electron chi connectivity index (χ0n) is 16.5. The van der Waals surface area contributed by atoms with Crippen LogP contribution in [0.15, 0.2) is 36.5 Å². The second-order valence-corrected chi connectivity index (χ2v) is 7.57. The van der Waals surface area contributed by atoms with Gasteiger partial charge in [0.15, 0.2) is 6.10 Å². The van der Waals surface area contributed by atoms with Gasteiger partial charge >= 0.3 is 0 Å². The summed E-state index contributed by atoms with van der Waals surface area (Å²) in [6.45, 7) is 3.97. The highest BCUT2D eigenvalue weighted by Gasteiger charge is 2.39. The molecular formula is C21H26N4O4. The van der Waals surface area contributed by atoms with Crippen molar-refractivity contribution in [1.29, 1.82) is 0 Å². The van der Waals surface area contributed by atoms with Crippen molar-refractivity contribution in [3.8, 4) is 0 Å². The molecule has 2 saturated heterocycles. The van der Waals surface area contributed by atoms with E-state index in [0.29, 0.717) is 50.5 Å². The first-order valence-corrected chi connectivity index (χ1v) is 9.95. The third-order valence-corrected chi connectivity index (χ3v) is 5.74. The molecule has 2 fully saturated rings. The normalized spacial score (nSPS) is 21.6. The van der Waals surface area contributed by atoms with E-state index in [-0.39, 0.29) is 18.4 Å². The van der Waals surface area contributed by atoms with Gasteiger partial charge in [-0.05, 0) is 25.3 Å². The molecule has 4 rings (SSSR count). The van der Waals surface area contributed by atoms with E-state index >= 15 is 0 Å². The van der Waals surface area contributed by atoms with Crippen LogP contribution in [-0.2, 0) is 19.8 Å². The van der Waals surface area contributed by atoms with Gasteiger partial charge in [0.05, 0.1) is 30.5 Å². The van der Waals surface area contributed by atoms with Gasteiger partial charge in [0.25, 0.3) is 11.8 Å². The number of nitrogens with one attached hydrogen (secondary N) is 2. The molecular weight excluding hydrogens is 372 g/mol. The number of nitrogens with zero attached hydrogens (tertiary/aromatic N) is 2. The lowest BCUT2D eigenvalue weighted by Crippen LogP contribution is -2.57. The highest BCUT2D eigenvalue weighted by molar-refractivity contribution is 5.95. The van der Waals surface area contributed by atoms with Gasteiger partial charge in [0.1, 0.15) is 0 Å². The van der Waals surface area contributed by atoms with Crippen molar-refractivity contribution in [2.45, 2.75) is 31.4 Å². The summed E-state index contributed by atoms with van der Waals surface area (Å²) in [6.07, 6.45) is 2.22. The molecule has 2 amide bonds. The Morgan fingerprint density at radius 1 is 1.21 bits per heavy atom. The number of H-pyrrole nitrogens is 1. The first-order chi connectivity index (χ1) is 14.1. The Morgan fingerprint density at radius 2 is 1.97 bits per heavy atom. The van der Waals surface area contributed by atoms with Crippen molar-refractivity contribution < 1.29 is 19.1 Å². The van der Waals surface area contributed by atoms with Crippen molar-refractivity contribution in [2.24, 2.45) is 0 Å². The minimum atomic E-state index is -0.705. The van der Waals surface area contributed by atoms with Crippen LogP contribution in [-0.4, -0.2) is 65.9 Å². The standard InChI is InChI=1S/C21H26N4O4/c1-15-17(13-22-24-15)20(27)25-9-12-29-18(14-25)19(26)23-21(7-10-28-11-8-21)16-5-3-2-4-6-16/h2-6,13,18H,7-12,14H2,1H3,(H,22,24)(H,23,26). The minimum absolute atomic E-state index is 0.138. The predicted molar refractivity (Wildman–Crippen MR) is 105 cm³/mol. The maximum Gasteiger partial charge on any atom is 0.257 e. The van der Waals surface area contributed by atoms with Crippen LogP contribution in [0, 0.1) is 6.92 Å². The molecule has 1 aromatic carbocycles. The number of amides is 2. The van der Waals surface area contributed by atoms with Crippen LogP contribution in [0.5, 0.6) is 0 Å². The average molecular weight is 398 g/mol. The smallest absolute Gasteiger partial charge is 0.257 e. The Kier molecular flexibility index (Phi) is 5.64. The van der Waals surface area contributed by atoms with Gasteiger partial charge < -0.3 is 19.7 Å². The number of benzene rings is 1. The quantitative estimate of drug-likeness (QED) is 0.811. The lowest BCUT2D eigenvalue weighted by molar-refractivity contribution is -0.140. The number of carbonyl (C=O) groups excluding carboxylic acids is 2. The molecule has 1 atom stereocenters. The van der Waals surface area contributed by atoms with Gasteiger partial charge in [-0.2, -0.15) is 5.10 Å². The number of morpholine rings is 1. The van der Waals surface area contributed by atoms with Gasteiger partial charge in [-0.3, -0.25) is 14.7 Å². The van der Waals surface area contributed by atoms with Gasteiger partial charge in [-0.25, -0.2) is 0 Å². The van der Waals surface area contributed by atoms with Gasteiger partial charge in [-0.15, -0.1) is 0 Å². The van der Waals surface area contributed by atoms with Crippen LogP contribution >= 0.6 is 0 Å². The molecule has 0 radical (unpaired) electrons. The van der Waals surface area contributed by atoms with Crippen LogP contribution in [0.25, 0.3) is 0 Å². The van der Waals surface area contributed by atoms with Gasteiger partial charge in [-0.1, -0.05) is 30.3 Å². The van der Waals surface area contributed by atoms with Crippen LogP contribution in [0.1, 0.15) is 34.5 Å². The Morgan fingerprint density at radius 3 is 2.66 bits per heavy atom. The Hall–Kier alpha value is -2.71. The number of aromatic nitrogens is 2. The maximum absolute atomic E-state index is 13.1. The predicted octanol–water partition coefficient (Wildman–Crippen LogP) is 1.38. The summed E-state index contributed by atoms with van der Waals surface area (Å²) in [5, 5.41) is 9.92. The van der Waals surface area contributed by atoms with Crippen molar-refractivity contribution >= 4 is 11.8 Å². The molecule has 8 nitrogen and oxygen atoms in total. The lowest BCUT2D eigenvalue weighted by Gasteiger charge is -2.40. The summed E-state index contributed by atoms with van der Waals surface area (Å²) in [5.74, 6) is -0.335. The van der Waals surface area contributed by atoms with E-state index in [1.165, 1.54) is 6.20 Å². The van der Waals surface area contributed by atoms with Crippen molar-refractivity contribution in [1.82, 2.24) is 20.4 Å². The summed E-state index contributed by atoms with van der Waals surface area (Å²) < 4.78 is 11.3. The summed E-state index contributed by atoms with van der Waals surface area (Å²) >= 11 is 0. The molecule has 1 unspecified atom stereocenters. The number of rotatable bonds is 4. The monoisotopic (exact) mass is 398 g/mol. The highest BCUT2D eigenvalue weighted by atomic mass is 16.5. The lowest BCUT2D eigenvalue weighted by atomic mass is 9.82. The SMILES string of the molecule is Cc1[nH]ncc1C(=O)N1CCOC(C(=O)NC2(c3ccccc3)CCOCC2)C1. The molecule has 1 aromatic heterocycles. The van der Waals surface area contributed by atoms with E-state index in [4.69, 9.17) is 9.47 Å². The molecule has 2 aliphatic heterocycles. The van der Waals surface area contributed by atoms with E-state index in [0.717, 1.165) is 5.56 Å². The van der Waals surface area contributed by atoms with E-state index in [1.807, 2.05) is 30.3 Å². The fourth-order valence-corrected chi connectivity index (χ4v) is 4.01. The van der Waals surface area contributed by atoms with E-state index < -0.39 is 11.6 Å². The largest absolute Gasteiger partial charge is 0.381 e. The second-order valence-electron chi connectivity index (χ2n) is 7.57. The van der Waals surface area contributed by atoms with Crippen LogP contribution in [0.4, 0.5) is 0 Å². The summed E-state index contributed by atoms with van der Waals surface area (Å²) in [7, 11) is 0. The third kappa shape index (κ3) is 4.04. The number of ether oxygens (including phenoxy) is 2. The van der Waals surface area contributed by atoms with Crippen LogP contribution in [0.3, 0.4) is 0 Å². The molecule has 3 heterocycles. The van der Waals surface area contributed by atoms with Crippen LogP contribution < -0.4 is 5.32 Å². The van der Waals surface area contributed by atoms with E-state index in [9.17, 15) is 9.59 Å². The Bertz CT molecular complexity index is 861. The molecule has 29 heavy (non-hydrogen) atoms. The van der Waals surface area contributed by atoms with Crippen LogP contribution in [0.2, 0.25) is 0 Å². The molecule has 8 heteroatoms. The van der Waals surface area contributed by atoms with E-state index in [1.54, 1.807) is 11.8 Å². The first-order valence-electron chi connectivity index (χ1n) is 9.95. The topological polar surface area (TPSA) is 96.5 Å². The molecule has 2 N–H and O–H groups in total. The first kappa shape index (κ1) is 19.6. The third-order valence-electron chi connectivity index (χ3n) is 5.74. The van der Waals surface area contributed by atoms with Crippen molar-refractivity contribution in [3.63, 3.8) is 0 Å². The fourth-order valence-electron chi connectivity index (χ4n) is 4.01. The highest BCUT2D eigenvalue weighted by Crippen LogP contribution is 2.32. The van der Waals surface area contributed by atoms with Crippen molar-refractivity contribution in [3.05, 3.63) is 53.3 Å². The number of carbonyl (C=O) groups is 2. The Balaban J connectivity index is 1.48. The summed E-state index contributed by atoms with van der Waals surface area (Å²) in [4.78, 5) is 27.6. The fraction of sp³-hybridized carbons (Fsp3) is 0.476. The number of hydrogen-bond acceptors (Lipinski definition) is 5. The molecule has 2 aromatic rings. The zero-order valence-corrected chi connectivity index (χ0v) is 16.5. The van der Waals surface area contributed by atoms with Crippen molar-refractivity contribution in [2.75, 3.05) is 32.9 Å². The molecule has 0 bridgehead atoms. The van der Waals surface area contributed by atoms with Gasteiger partial charge in [0.2, 0.25) is 0 Å². The molecule has 0 aliphatic carbocycles. The number of aromatic amines is 1. The second kappa shape index (κ2) is 8.34. The molecule has 2 aliphatic rings. The summed E-state index contributed by atoms with van der Waals surface area (Å²) in [6, 6.07) is 9.98. The van der Waals surface area contributed by atoms with Gasteiger partial charge in [0, 0.05) is 25.5 Å². The number of hydrogen-bond donors (Lipinski definition) is 2. The van der Waals surface area contributed by atoms with E-state index in [2.05, 4.69) is 15.5 Å².